The van der Waals surface area contributed by atoms with Crippen LogP contribution in [-0.4, -0.2) is 27.1 Å². The number of nitro groups is 1. The number of pyridine rings is 1. The van der Waals surface area contributed by atoms with Gasteiger partial charge in [-0.2, -0.15) is 5.10 Å². The summed E-state index contributed by atoms with van der Waals surface area (Å²) in [6.45, 7) is 1.98. The van der Waals surface area contributed by atoms with Crippen LogP contribution in [0.4, 0.5) is 5.69 Å². The van der Waals surface area contributed by atoms with E-state index in [4.69, 9.17) is 0 Å². The molecule has 0 aliphatic carbocycles. The normalized spacial score (nSPS) is 10.7. The molecule has 2 N–H and O–H groups in total. The van der Waals surface area contributed by atoms with Gasteiger partial charge in [0.05, 0.1) is 11.1 Å². The fourth-order valence-electron chi connectivity index (χ4n) is 1.76. The van der Waals surface area contributed by atoms with Gasteiger partial charge in [-0.05, 0) is 30.2 Å². The molecule has 0 fully saturated rings. The topological polar surface area (TPSA) is 118 Å². The first-order valence-electron chi connectivity index (χ1n) is 6.77. The Morgan fingerprint density at radius 2 is 2.22 bits per heavy atom. The molecule has 0 atom stereocenters. The molecule has 0 spiro atoms. The van der Waals surface area contributed by atoms with E-state index < -0.39 is 22.3 Å². The SMILES string of the molecule is CCc1ccc(C(=O)NN=Cc2ccc(O)c([N+](=O)[O-])c2)nc1. The van der Waals surface area contributed by atoms with Crippen LogP contribution in [0.25, 0.3) is 0 Å². The monoisotopic (exact) mass is 314 g/mol. The molecule has 2 rings (SSSR count). The van der Waals surface area contributed by atoms with Gasteiger partial charge in [-0.15, -0.1) is 0 Å². The van der Waals surface area contributed by atoms with E-state index >= 15 is 0 Å². The molecular formula is C15H14N4O4. The molecule has 0 aliphatic rings. The maximum Gasteiger partial charge on any atom is 0.311 e. The van der Waals surface area contributed by atoms with Crippen LogP contribution in [0.3, 0.4) is 0 Å². The van der Waals surface area contributed by atoms with Crippen LogP contribution < -0.4 is 5.43 Å². The third-order valence-electron chi connectivity index (χ3n) is 3.04. The number of rotatable bonds is 5. The quantitative estimate of drug-likeness (QED) is 0.497. The fourth-order valence-corrected chi connectivity index (χ4v) is 1.76. The van der Waals surface area contributed by atoms with Crippen LogP contribution in [-0.2, 0) is 6.42 Å². The summed E-state index contributed by atoms with van der Waals surface area (Å²) in [6.07, 6.45) is 3.68. The summed E-state index contributed by atoms with van der Waals surface area (Å²) >= 11 is 0. The number of phenolic OH excluding ortho intramolecular Hbond substituents is 1. The molecule has 2 aromatic rings. The molecule has 1 aromatic heterocycles. The van der Waals surface area contributed by atoms with Crippen LogP contribution in [0.2, 0.25) is 0 Å². The highest BCUT2D eigenvalue weighted by molar-refractivity contribution is 5.93. The smallest absolute Gasteiger partial charge is 0.311 e. The van der Waals surface area contributed by atoms with Gasteiger partial charge in [0.15, 0.2) is 5.75 Å². The Kier molecular flexibility index (Phi) is 4.98. The second-order valence-corrected chi connectivity index (χ2v) is 4.61. The summed E-state index contributed by atoms with van der Waals surface area (Å²) in [5.41, 5.74) is 3.45. The molecule has 0 saturated carbocycles. The van der Waals surface area contributed by atoms with Crippen LogP contribution in [0.15, 0.2) is 41.6 Å². The molecule has 8 nitrogen and oxygen atoms in total. The zero-order chi connectivity index (χ0) is 16.8. The molecule has 0 aliphatic heterocycles. The Labute approximate surface area is 131 Å². The second-order valence-electron chi connectivity index (χ2n) is 4.61. The fraction of sp³-hybridized carbons (Fsp3) is 0.133. The van der Waals surface area contributed by atoms with Gasteiger partial charge in [-0.3, -0.25) is 19.9 Å². The van der Waals surface area contributed by atoms with E-state index in [0.29, 0.717) is 5.56 Å². The van der Waals surface area contributed by atoms with Crippen molar-refractivity contribution in [2.24, 2.45) is 5.10 Å². The van der Waals surface area contributed by atoms with Crippen LogP contribution in [0, 0.1) is 10.1 Å². The van der Waals surface area contributed by atoms with Gasteiger partial charge in [0.1, 0.15) is 5.69 Å². The Bertz CT molecular complexity index is 757. The van der Waals surface area contributed by atoms with Crippen LogP contribution >= 0.6 is 0 Å². The van der Waals surface area contributed by atoms with Crippen molar-refractivity contribution < 1.29 is 14.8 Å². The minimum Gasteiger partial charge on any atom is -0.502 e. The number of aromatic hydroxyl groups is 1. The zero-order valence-corrected chi connectivity index (χ0v) is 12.3. The lowest BCUT2D eigenvalue weighted by atomic mass is 10.2. The number of carbonyl (C=O) groups excluding carboxylic acids is 1. The Morgan fingerprint density at radius 1 is 1.43 bits per heavy atom. The number of aromatic nitrogens is 1. The first-order chi connectivity index (χ1) is 11.0. The number of phenols is 1. The van der Waals surface area contributed by atoms with E-state index in [9.17, 15) is 20.0 Å². The van der Waals surface area contributed by atoms with Gasteiger partial charge in [0.25, 0.3) is 5.91 Å². The predicted molar refractivity (Wildman–Crippen MR) is 83.4 cm³/mol. The van der Waals surface area contributed by atoms with E-state index in [1.54, 1.807) is 18.3 Å². The average molecular weight is 314 g/mol. The summed E-state index contributed by atoms with van der Waals surface area (Å²) in [6, 6.07) is 7.17. The zero-order valence-electron chi connectivity index (χ0n) is 12.3. The molecule has 23 heavy (non-hydrogen) atoms. The van der Waals surface area contributed by atoms with Gasteiger partial charge in [0.2, 0.25) is 0 Å². The van der Waals surface area contributed by atoms with Gasteiger partial charge in [-0.25, -0.2) is 5.43 Å². The van der Waals surface area contributed by atoms with E-state index in [2.05, 4.69) is 15.5 Å². The molecule has 8 heteroatoms. The highest BCUT2D eigenvalue weighted by Gasteiger charge is 2.12. The molecule has 1 amide bonds. The average Bonchev–Trinajstić information content (AvgIpc) is 2.56. The van der Waals surface area contributed by atoms with E-state index in [1.807, 2.05) is 6.92 Å². The van der Waals surface area contributed by atoms with Crippen molar-refractivity contribution in [1.29, 1.82) is 0 Å². The van der Waals surface area contributed by atoms with Crippen molar-refractivity contribution in [3.8, 4) is 5.75 Å². The molecular weight excluding hydrogens is 300 g/mol. The summed E-state index contributed by atoms with van der Waals surface area (Å²) in [5.74, 6) is -0.923. The largest absolute Gasteiger partial charge is 0.502 e. The first kappa shape index (κ1) is 16.1. The first-order valence-corrected chi connectivity index (χ1v) is 6.77. The standard InChI is InChI=1S/C15H14N4O4/c1-2-10-3-5-12(16-8-10)15(21)18-17-9-11-4-6-14(20)13(7-11)19(22)23/h3-9,20H,2H2,1H3,(H,18,21). The number of benzene rings is 1. The summed E-state index contributed by atoms with van der Waals surface area (Å²) in [4.78, 5) is 25.9. The van der Waals surface area contributed by atoms with E-state index in [1.165, 1.54) is 18.3 Å². The van der Waals surface area contributed by atoms with Crippen molar-refractivity contribution in [2.45, 2.75) is 13.3 Å². The molecule has 0 unspecified atom stereocenters. The van der Waals surface area contributed by atoms with Crippen molar-refractivity contribution in [2.75, 3.05) is 0 Å². The second kappa shape index (κ2) is 7.12. The Morgan fingerprint density at radius 3 is 2.83 bits per heavy atom. The minimum absolute atomic E-state index is 0.219. The molecule has 118 valence electrons. The number of hydrogen-bond acceptors (Lipinski definition) is 6. The van der Waals surface area contributed by atoms with Gasteiger partial charge in [0, 0.05) is 17.8 Å². The number of carbonyl (C=O) groups is 1. The lowest BCUT2D eigenvalue weighted by molar-refractivity contribution is -0.385. The summed E-state index contributed by atoms with van der Waals surface area (Å²) < 4.78 is 0. The molecule has 0 saturated heterocycles. The van der Waals surface area contributed by atoms with Crippen LogP contribution in [0.5, 0.6) is 5.75 Å². The summed E-state index contributed by atoms with van der Waals surface area (Å²) in [7, 11) is 0. The number of hydrazone groups is 1. The molecule has 1 heterocycles. The predicted octanol–water partition coefficient (Wildman–Crippen LogP) is 2.02. The number of nitro benzene ring substituents is 1. The molecule has 0 radical (unpaired) electrons. The lowest BCUT2D eigenvalue weighted by Gasteiger charge is -2.01. The third kappa shape index (κ3) is 4.10. The van der Waals surface area contributed by atoms with Crippen molar-refractivity contribution in [3.05, 3.63) is 63.5 Å². The van der Waals surface area contributed by atoms with E-state index in [0.717, 1.165) is 18.1 Å². The van der Waals surface area contributed by atoms with Crippen molar-refractivity contribution in [1.82, 2.24) is 10.4 Å². The highest BCUT2D eigenvalue weighted by Crippen LogP contribution is 2.25. The van der Waals surface area contributed by atoms with Crippen molar-refractivity contribution in [3.63, 3.8) is 0 Å². The van der Waals surface area contributed by atoms with Gasteiger partial charge >= 0.3 is 5.69 Å². The lowest BCUT2D eigenvalue weighted by Crippen LogP contribution is -2.18. The van der Waals surface area contributed by atoms with Gasteiger partial charge < -0.3 is 5.11 Å². The molecule has 0 bridgehead atoms. The minimum atomic E-state index is -0.704. The molecule has 1 aromatic carbocycles. The van der Waals surface area contributed by atoms with Gasteiger partial charge in [-0.1, -0.05) is 13.0 Å². The van der Waals surface area contributed by atoms with Crippen molar-refractivity contribution >= 4 is 17.8 Å². The summed E-state index contributed by atoms with van der Waals surface area (Å²) in [5, 5.41) is 23.8. The number of amides is 1. The maximum atomic E-state index is 11.8. The number of nitrogens with one attached hydrogen (secondary N) is 1. The van der Waals surface area contributed by atoms with E-state index in [-0.39, 0.29) is 5.69 Å². The number of nitrogens with zero attached hydrogens (tertiary/aromatic N) is 3. The van der Waals surface area contributed by atoms with Crippen LogP contribution in [0.1, 0.15) is 28.5 Å². The maximum absolute atomic E-state index is 11.8. The Hall–Kier alpha value is -3.29. The third-order valence-corrected chi connectivity index (χ3v) is 3.04. The number of hydrogen-bond donors (Lipinski definition) is 2. The highest BCUT2D eigenvalue weighted by atomic mass is 16.6. The Balaban J connectivity index is 2.04. The number of aryl methyl sites for hydroxylation is 1.